The first-order chi connectivity index (χ1) is 6.91. The summed E-state index contributed by atoms with van der Waals surface area (Å²) in [7, 11) is 0. The molecule has 0 amide bonds. The van der Waals surface area contributed by atoms with Gasteiger partial charge in [-0.15, -0.1) is 0 Å². The Balaban J connectivity index is 2.88. The van der Waals surface area contributed by atoms with E-state index in [0.29, 0.717) is 0 Å². The van der Waals surface area contributed by atoms with E-state index in [0.717, 1.165) is 5.75 Å². The lowest BCUT2D eigenvalue weighted by Crippen LogP contribution is -1.79. The second kappa shape index (κ2) is 13.1. The molecule has 0 aliphatic heterocycles. The highest BCUT2D eigenvalue weighted by atomic mass is 32.1. The highest BCUT2D eigenvalue weighted by Gasteiger charge is 1.89. The molecule has 0 aromatic rings. The van der Waals surface area contributed by atoms with Gasteiger partial charge in [0.1, 0.15) is 0 Å². The van der Waals surface area contributed by atoms with E-state index in [9.17, 15) is 0 Å². The van der Waals surface area contributed by atoms with Crippen LogP contribution in [0.3, 0.4) is 0 Å². The molecule has 0 fully saturated rings. The average Bonchev–Trinajstić information content (AvgIpc) is 2.21. The second-order valence-corrected chi connectivity index (χ2v) is 4.28. The fraction of sp³-hybridized carbons (Fsp3) is 0.846. The Morgan fingerprint density at radius 2 is 1.36 bits per heavy atom. The summed E-state index contributed by atoms with van der Waals surface area (Å²) in [5.74, 6) is 0.886. The normalized spacial score (nSPS) is 11.3. The van der Waals surface area contributed by atoms with Gasteiger partial charge in [-0.2, -0.15) is 12.6 Å². The molecule has 0 bridgehead atoms. The van der Waals surface area contributed by atoms with E-state index in [1.54, 1.807) is 0 Å². The van der Waals surface area contributed by atoms with Gasteiger partial charge in [-0.3, -0.25) is 0 Å². The molecule has 0 saturated carbocycles. The van der Waals surface area contributed by atoms with Crippen molar-refractivity contribution >= 4 is 12.6 Å². The third-order valence-electron chi connectivity index (χ3n) is 2.50. The largest absolute Gasteiger partial charge is 0.175 e. The van der Waals surface area contributed by atoms with Crippen LogP contribution in [0.5, 0.6) is 0 Å². The molecule has 0 aliphatic rings. The van der Waals surface area contributed by atoms with Crippen molar-refractivity contribution < 1.29 is 0 Å². The lowest BCUT2D eigenvalue weighted by atomic mass is 10.1. The summed E-state index contributed by atoms with van der Waals surface area (Å²) in [6, 6.07) is 0. The summed E-state index contributed by atoms with van der Waals surface area (Å²) in [4.78, 5) is 0. The quantitative estimate of drug-likeness (QED) is 0.295. The molecule has 0 rings (SSSR count). The summed E-state index contributed by atoms with van der Waals surface area (Å²) in [6.45, 7) is 2.27. The van der Waals surface area contributed by atoms with Crippen LogP contribution < -0.4 is 0 Å². The topological polar surface area (TPSA) is 0 Å². The Hall–Kier alpha value is 0.0900. The Morgan fingerprint density at radius 3 is 1.93 bits per heavy atom. The molecule has 0 unspecified atom stereocenters. The number of hydrogen-bond donors (Lipinski definition) is 1. The van der Waals surface area contributed by atoms with Crippen LogP contribution in [0.1, 0.15) is 64.7 Å². The van der Waals surface area contributed by atoms with E-state index in [1.165, 1.54) is 57.8 Å². The maximum Gasteiger partial charge on any atom is 0.00825 e. The van der Waals surface area contributed by atoms with E-state index >= 15 is 0 Å². The van der Waals surface area contributed by atoms with Gasteiger partial charge < -0.3 is 0 Å². The molecular formula is C13H26S. The van der Waals surface area contributed by atoms with Gasteiger partial charge >= 0.3 is 0 Å². The number of rotatable bonds is 10. The third-order valence-corrected chi connectivity index (χ3v) is 2.71. The molecule has 0 nitrogen and oxygen atoms in total. The Bertz CT molecular complexity index is 118. The molecule has 0 heterocycles. The highest BCUT2D eigenvalue weighted by molar-refractivity contribution is 7.80. The van der Waals surface area contributed by atoms with Crippen molar-refractivity contribution in [1.29, 1.82) is 0 Å². The Labute approximate surface area is 95.6 Å². The number of hydrogen-bond acceptors (Lipinski definition) is 1. The maximum atomic E-state index is 4.12. The first-order valence-corrected chi connectivity index (χ1v) is 6.81. The smallest absolute Gasteiger partial charge is 0.00825 e. The van der Waals surface area contributed by atoms with Crippen LogP contribution in [0.2, 0.25) is 0 Å². The molecule has 0 aliphatic carbocycles. The van der Waals surface area contributed by atoms with Gasteiger partial charge in [0, 0.05) is 5.75 Å². The van der Waals surface area contributed by atoms with E-state index in [2.05, 4.69) is 31.7 Å². The van der Waals surface area contributed by atoms with Crippen molar-refractivity contribution in [3.63, 3.8) is 0 Å². The van der Waals surface area contributed by atoms with Gasteiger partial charge in [-0.1, -0.05) is 64.0 Å². The van der Waals surface area contributed by atoms with Crippen LogP contribution in [0.4, 0.5) is 0 Å². The SMILES string of the molecule is CCCCCCCCCCC=CCS. The molecular weight excluding hydrogens is 188 g/mol. The lowest BCUT2D eigenvalue weighted by Gasteiger charge is -1.99. The zero-order valence-corrected chi connectivity index (χ0v) is 10.6. The third kappa shape index (κ3) is 12.1. The molecule has 1 heteroatoms. The molecule has 0 N–H and O–H groups in total. The fourth-order valence-corrected chi connectivity index (χ4v) is 1.74. The van der Waals surface area contributed by atoms with E-state index in [1.807, 2.05) is 0 Å². The second-order valence-electron chi connectivity index (χ2n) is 3.92. The van der Waals surface area contributed by atoms with Crippen LogP contribution >= 0.6 is 12.6 Å². The van der Waals surface area contributed by atoms with Crippen molar-refractivity contribution in [2.75, 3.05) is 5.75 Å². The van der Waals surface area contributed by atoms with Crippen LogP contribution in [0, 0.1) is 0 Å². The summed E-state index contributed by atoms with van der Waals surface area (Å²) in [5, 5.41) is 0. The zero-order valence-electron chi connectivity index (χ0n) is 9.67. The highest BCUT2D eigenvalue weighted by Crippen LogP contribution is 2.09. The van der Waals surface area contributed by atoms with Crippen LogP contribution in [-0.2, 0) is 0 Å². The summed E-state index contributed by atoms with van der Waals surface area (Å²) in [6.07, 6.45) is 16.9. The minimum absolute atomic E-state index is 0.886. The average molecular weight is 214 g/mol. The van der Waals surface area contributed by atoms with Gasteiger partial charge in [-0.05, 0) is 12.8 Å². The number of thiol groups is 1. The van der Waals surface area contributed by atoms with Crippen molar-refractivity contribution in [3.8, 4) is 0 Å². The first-order valence-electron chi connectivity index (χ1n) is 6.17. The monoisotopic (exact) mass is 214 g/mol. The standard InChI is InChI=1S/C13H26S/c1-2-3-4-5-6-7-8-9-10-11-12-13-14/h11-12,14H,2-10,13H2,1H3. The van der Waals surface area contributed by atoms with Gasteiger partial charge in [0.2, 0.25) is 0 Å². The molecule has 0 aromatic carbocycles. The van der Waals surface area contributed by atoms with Crippen LogP contribution in [-0.4, -0.2) is 5.75 Å². The summed E-state index contributed by atoms with van der Waals surface area (Å²) in [5.41, 5.74) is 0. The molecule has 0 saturated heterocycles. The molecule has 0 aromatic heterocycles. The lowest BCUT2D eigenvalue weighted by molar-refractivity contribution is 0.577. The molecule has 0 atom stereocenters. The number of allylic oxidation sites excluding steroid dienone is 1. The molecule has 84 valence electrons. The van der Waals surface area contributed by atoms with Crippen molar-refractivity contribution in [1.82, 2.24) is 0 Å². The first kappa shape index (κ1) is 14.1. The zero-order chi connectivity index (χ0) is 10.5. The number of unbranched alkanes of at least 4 members (excludes halogenated alkanes) is 8. The maximum absolute atomic E-state index is 4.12. The van der Waals surface area contributed by atoms with E-state index < -0.39 is 0 Å². The summed E-state index contributed by atoms with van der Waals surface area (Å²) >= 11 is 4.12. The van der Waals surface area contributed by atoms with E-state index in [-0.39, 0.29) is 0 Å². The molecule has 0 radical (unpaired) electrons. The van der Waals surface area contributed by atoms with Gasteiger partial charge in [0.25, 0.3) is 0 Å². The van der Waals surface area contributed by atoms with Gasteiger partial charge in [0.15, 0.2) is 0 Å². The summed E-state index contributed by atoms with van der Waals surface area (Å²) < 4.78 is 0. The minimum Gasteiger partial charge on any atom is -0.175 e. The fourth-order valence-electron chi connectivity index (χ4n) is 1.59. The minimum atomic E-state index is 0.886. The Morgan fingerprint density at radius 1 is 0.786 bits per heavy atom. The van der Waals surface area contributed by atoms with Crippen molar-refractivity contribution in [3.05, 3.63) is 12.2 Å². The molecule has 0 spiro atoms. The van der Waals surface area contributed by atoms with Crippen molar-refractivity contribution in [2.24, 2.45) is 0 Å². The van der Waals surface area contributed by atoms with Crippen LogP contribution in [0.25, 0.3) is 0 Å². The van der Waals surface area contributed by atoms with Crippen LogP contribution in [0.15, 0.2) is 12.2 Å². The van der Waals surface area contributed by atoms with Crippen molar-refractivity contribution in [2.45, 2.75) is 64.7 Å². The predicted octanol–water partition coefficient (Wildman–Crippen LogP) is 5.00. The Kier molecular flexibility index (Phi) is 13.2. The van der Waals surface area contributed by atoms with Gasteiger partial charge in [0.05, 0.1) is 0 Å². The van der Waals surface area contributed by atoms with Gasteiger partial charge in [-0.25, -0.2) is 0 Å². The molecule has 14 heavy (non-hydrogen) atoms. The predicted molar refractivity (Wildman–Crippen MR) is 70.2 cm³/mol. The van der Waals surface area contributed by atoms with E-state index in [4.69, 9.17) is 0 Å².